The van der Waals surface area contributed by atoms with Crippen LogP contribution in [0.4, 0.5) is 8.78 Å². The molecule has 0 aromatic heterocycles. The second-order valence-corrected chi connectivity index (χ2v) is 2.91. The SMILES string of the molecule is COc1c(F)c(C#N)cc(F)c1CC(=O)O. The molecule has 0 radical (unpaired) electrons. The van der Waals surface area contributed by atoms with Gasteiger partial charge in [-0.2, -0.15) is 5.26 Å². The Kier molecular flexibility index (Phi) is 3.40. The minimum atomic E-state index is -1.32. The highest BCUT2D eigenvalue weighted by molar-refractivity contribution is 5.71. The summed E-state index contributed by atoms with van der Waals surface area (Å²) in [7, 11) is 1.07. The van der Waals surface area contributed by atoms with E-state index in [1.54, 1.807) is 0 Å². The highest BCUT2D eigenvalue weighted by atomic mass is 19.1. The van der Waals surface area contributed by atoms with E-state index in [2.05, 4.69) is 4.74 Å². The average molecular weight is 227 g/mol. The third-order valence-electron chi connectivity index (χ3n) is 1.92. The minimum Gasteiger partial charge on any atom is -0.493 e. The van der Waals surface area contributed by atoms with Crippen LogP contribution in [0.3, 0.4) is 0 Å². The lowest BCUT2D eigenvalue weighted by Crippen LogP contribution is -2.07. The Morgan fingerprint density at radius 2 is 2.25 bits per heavy atom. The number of nitriles is 1. The molecular weight excluding hydrogens is 220 g/mol. The third-order valence-corrected chi connectivity index (χ3v) is 1.92. The van der Waals surface area contributed by atoms with Gasteiger partial charge in [-0.25, -0.2) is 8.78 Å². The molecule has 1 rings (SSSR count). The first-order valence-corrected chi connectivity index (χ1v) is 4.18. The van der Waals surface area contributed by atoms with Crippen LogP contribution < -0.4 is 4.74 Å². The summed E-state index contributed by atoms with van der Waals surface area (Å²) in [5.74, 6) is -3.89. The standard InChI is InChI=1S/C10H7F2NO3/c1-16-10-6(3-8(14)15)7(11)2-5(4-13)9(10)12/h2H,3H2,1H3,(H,14,15). The van der Waals surface area contributed by atoms with Crippen molar-refractivity contribution in [1.29, 1.82) is 5.26 Å². The number of nitrogens with zero attached hydrogens (tertiary/aromatic N) is 1. The number of methoxy groups -OCH3 is 1. The van der Waals surface area contributed by atoms with Crippen molar-refractivity contribution >= 4 is 5.97 Å². The molecule has 1 aromatic rings. The Balaban J connectivity index is 3.44. The maximum absolute atomic E-state index is 13.5. The Bertz CT molecular complexity index is 480. The molecule has 1 aromatic carbocycles. The number of aliphatic carboxylic acids is 1. The van der Waals surface area contributed by atoms with Crippen molar-refractivity contribution in [2.45, 2.75) is 6.42 Å². The van der Waals surface area contributed by atoms with E-state index in [9.17, 15) is 13.6 Å². The number of hydrogen-bond donors (Lipinski definition) is 1. The summed E-state index contributed by atoms with van der Waals surface area (Å²) in [6.45, 7) is 0. The number of benzene rings is 1. The number of halogens is 2. The minimum absolute atomic E-state index is 0.411. The number of ether oxygens (including phenoxy) is 1. The topological polar surface area (TPSA) is 70.3 Å². The molecule has 0 heterocycles. The van der Waals surface area contributed by atoms with Gasteiger partial charge in [0.05, 0.1) is 19.1 Å². The van der Waals surface area contributed by atoms with Crippen LogP contribution in [0.1, 0.15) is 11.1 Å². The van der Waals surface area contributed by atoms with Crippen molar-refractivity contribution in [2.24, 2.45) is 0 Å². The zero-order valence-electron chi connectivity index (χ0n) is 8.25. The number of carboxylic acids is 1. The Labute approximate surface area is 89.7 Å². The normalized spacial score (nSPS) is 9.62. The van der Waals surface area contributed by atoms with Crippen LogP contribution in [-0.2, 0) is 11.2 Å². The molecule has 0 saturated carbocycles. The van der Waals surface area contributed by atoms with Gasteiger partial charge < -0.3 is 9.84 Å². The number of carboxylic acid groups (broad SMARTS) is 1. The van der Waals surface area contributed by atoms with E-state index in [-0.39, 0.29) is 0 Å². The van der Waals surface area contributed by atoms with Crippen LogP contribution in [-0.4, -0.2) is 18.2 Å². The molecule has 84 valence electrons. The Morgan fingerprint density at radius 1 is 1.62 bits per heavy atom. The van der Waals surface area contributed by atoms with Gasteiger partial charge in [-0.1, -0.05) is 0 Å². The molecule has 0 aliphatic rings. The summed E-state index contributed by atoms with van der Waals surface area (Å²) in [6.07, 6.45) is -0.711. The lowest BCUT2D eigenvalue weighted by Gasteiger charge is -2.09. The van der Waals surface area contributed by atoms with Crippen LogP contribution in [0, 0.1) is 23.0 Å². The van der Waals surface area contributed by atoms with Gasteiger partial charge in [0.25, 0.3) is 0 Å². The van der Waals surface area contributed by atoms with Gasteiger partial charge in [-0.05, 0) is 6.07 Å². The summed E-state index contributed by atoms with van der Waals surface area (Å²) in [4.78, 5) is 10.4. The smallest absolute Gasteiger partial charge is 0.308 e. The van der Waals surface area contributed by atoms with E-state index in [0.29, 0.717) is 6.07 Å². The van der Waals surface area contributed by atoms with Crippen molar-refractivity contribution in [1.82, 2.24) is 0 Å². The first-order chi connectivity index (χ1) is 7.51. The van der Waals surface area contributed by atoms with Crippen molar-refractivity contribution in [3.63, 3.8) is 0 Å². The predicted molar refractivity (Wildman–Crippen MR) is 49.0 cm³/mol. The van der Waals surface area contributed by atoms with Gasteiger partial charge in [0.15, 0.2) is 11.6 Å². The van der Waals surface area contributed by atoms with Gasteiger partial charge in [0.1, 0.15) is 11.9 Å². The zero-order valence-corrected chi connectivity index (χ0v) is 8.25. The van der Waals surface area contributed by atoms with Crippen molar-refractivity contribution in [3.8, 4) is 11.8 Å². The van der Waals surface area contributed by atoms with Gasteiger partial charge in [0, 0.05) is 5.56 Å². The molecule has 4 nitrogen and oxygen atoms in total. The number of rotatable bonds is 3. The summed E-state index contributed by atoms with van der Waals surface area (Å²) in [6, 6.07) is 2.10. The molecule has 0 bridgehead atoms. The van der Waals surface area contributed by atoms with Crippen molar-refractivity contribution in [2.75, 3.05) is 7.11 Å². The molecule has 0 aliphatic heterocycles. The third kappa shape index (κ3) is 2.08. The van der Waals surface area contributed by atoms with Gasteiger partial charge in [-0.15, -0.1) is 0 Å². The second-order valence-electron chi connectivity index (χ2n) is 2.91. The summed E-state index contributed by atoms with van der Waals surface area (Å²) >= 11 is 0. The highest BCUT2D eigenvalue weighted by Gasteiger charge is 2.21. The van der Waals surface area contributed by atoms with Crippen LogP contribution in [0.5, 0.6) is 5.75 Å². The van der Waals surface area contributed by atoms with Crippen LogP contribution in [0.25, 0.3) is 0 Å². The summed E-state index contributed by atoms with van der Waals surface area (Å²) < 4.78 is 31.4. The molecule has 0 saturated heterocycles. The van der Waals surface area contributed by atoms with Gasteiger partial charge in [0.2, 0.25) is 0 Å². The predicted octanol–water partition coefficient (Wildman–Crippen LogP) is 1.47. The van der Waals surface area contributed by atoms with E-state index in [1.165, 1.54) is 6.07 Å². The molecule has 1 N–H and O–H groups in total. The molecule has 0 aliphatic carbocycles. The maximum atomic E-state index is 13.5. The molecule has 0 amide bonds. The molecular formula is C10H7F2NO3. The fraction of sp³-hybridized carbons (Fsp3) is 0.200. The van der Waals surface area contributed by atoms with E-state index >= 15 is 0 Å². The fourth-order valence-electron chi connectivity index (χ4n) is 1.25. The fourth-order valence-corrected chi connectivity index (χ4v) is 1.25. The van der Waals surface area contributed by atoms with Gasteiger partial charge in [-0.3, -0.25) is 4.79 Å². The molecule has 0 fully saturated rings. The lowest BCUT2D eigenvalue weighted by atomic mass is 10.1. The van der Waals surface area contributed by atoms with Crippen molar-refractivity contribution in [3.05, 3.63) is 28.8 Å². The molecule has 0 spiro atoms. The number of carbonyl (C=O) groups is 1. The van der Waals surface area contributed by atoms with Crippen LogP contribution >= 0.6 is 0 Å². The monoisotopic (exact) mass is 227 g/mol. The molecule has 16 heavy (non-hydrogen) atoms. The molecule has 0 atom stereocenters. The van der Waals surface area contributed by atoms with Crippen LogP contribution in [0.2, 0.25) is 0 Å². The quantitative estimate of drug-likeness (QED) is 0.848. The first kappa shape index (κ1) is 11.9. The Hall–Kier alpha value is -2.16. The maximum Gasteiger partial charge on any atom is 0.308 e. The summed E-state index contributed by atoms with van der Waals surface area (Å²) in [5.41, 5.74) is -0.935. The second kappa shape index (κ2) is 4.57. The summed E-state index contributed by atoms with van der Waals surface area (Å²) in [5, 5.41) is 17.0. The molecule has 6 heteroatoms. The van der Waals surface area contributed by atoms with Gasteiger partial charge >= 0.3 is 5.97 Å². The largest absolute Gasteiger partial charge is 0.493 e. The van der Waals surface area contributed by atoms with E-state index in [1.807, 2.05) is 0 Å². The van der Waals surface area contributed by atoms with E-state index in [0.717, 1.165) is 7.11 Å². The van der Waals surface area contributed by atoms with E-state index < -0.39 is 40.9 Å². The van der Waals surface area contributed by atoms with Crippen molar-refractivity contribution < 1.29 is 23.4 Å². The highest BCUT2D eigenvalue weighted by Crippen LogP contribution is 2.28. The average Bonchev–Trinajstić information content (AvgIpc) is 2.23. The zero-order chi connectivity index (χ0) is 12.3. The first-order valence-electron chi connectivity index (χ1n) is 4.18. The van der Waals surface area contributed by atoms with Crippen LogP contribution in [0.15, 0.2) is 6.07 Å². The Morgan fingerprint density at radius 3 is 2.69 bits per heavy atom. The van der Waals surface area contributed by atoms with E-state index in [4.69, 9.17) is 10.4 Å². The number of hydrogen-bond acceptors (Lipinski definition) is 3. The lowest BCUT2D eigenvalue weighted by molar-refractivity contribution is -0.136. The molecule has 0 unspecified atom stereocenters.